The van der Waals surface area contributed by atoms with Crippen LogP contribution in [0.2, 0.25) is 0 Å². The maximum atomic E-state index is 13.1. The number of hydrogen-bond donors (Lipinski definition) is 11. The first-order valence-electron chi connectivity index (χ1n) is 23.7. The third kappa shape index (κ3) is 38.0. The molecule has 29 heteroatoms. The Hall–Kier alpha value is -6.72. The summed E-state index contributed by atoms with van der Waals surface area (Å²) in [4.78, 5) is 146. The Labute approximate surface area is 427 Å². The molecule has 0 spiro atoms. The molecular formula is C45H75N7O22. The minimum Gasteiger partial charge on any atom is -0.481 e. The highest BCUT2D eigenvalue weighted by molar-refractivity contribution is 5.92. The number of rotatable bonds is 40. The highest BCUT2D eigenvalue weighted by Crippen LogP contribution is 2.10. The molecule has 0 bridgehead atoms. The number of carbonyl (C=O) groups excluding carboxylic acids is 8. The molecule has 0 radical (unpaired) electrons. The molecule has 0 aromatic rings. The molecule has 0 aliphatic rings. The average Bonchev–Trinajstić information content (AvgIpc) is 3.28. The molecule has 74 heavy (non-hydrogen) atoms. The normalized spacial score (nSPS) is 12.8. The molecule has 4 unspecified atom stereocenters. The van der Waals surface area contributed by atoms with E-state index in [2.05, 4.69) is 37.2 Å². The predicted octanol–water partition coefficient (Wildman–Crippen LogP) is -1.67. The average molecular weight is 1070 g/mol. The van der Waals surface area contributed by atoms with Gasteiger partial charge in [-0.15, -0.1) is 0 Å². The summed E-state index contributed by atoms with van der Waals surface area (Å²) in [6.07, 6.45) is -4.72. The van der Waals surface area contributed by atoms with Gasteiger partial charge in [0.2, 0.25) is 35.4 Å². The van der Waals surface area contributed by atoms with Crippen molar-refractivity contribution in [2.75, 3.05) is 72.5 Å². The number of aliphatic carboxylic acids is 4. The molecule has 0 saturated heterocycles. The highest BCUT2D eigenvalue weighted by atomic mass is 16.6. The first-order valence-corrected chi connectivity index (χ1v) is 23.7. The van der Waals surface area contributed by atoms with E-state index in [0.717, 1.165) is 0 Å². The van der Waals surface area contributed by atoms with Crippen LogP contribution in [-0.4, -0.2) is 200 Å². The molecular weight excluding hydrogens is 991 g/mol. The van der Waals surface area contributed by atoms with Crippen molar-refractivity contribution >= 4 is 71.4 Å². The van der Waals surface area contributed by atoms with E-state index in [0.29, 0.717) is 0 Å². The Morgan fingerprint density at radius 1 is 0.392 bits per heavy atom. The van der Waals surface area contributed by atoms with Gasteiger partial charge in [0, 0.05) is 51.7 Å². The fraction of sp³-hybridized carbons (Fsp3) is 0.733. The molecule has 0 saturated carbocycles. The first-order chi connectivity index (χ1) is 34.6. The topological polar surface area (TPSA) is 425 Å². The summed E-state index contributed by atoms with van der Waals surface area (Å²) in [5.41, 5.74) is -1.40. The number of carboxylic acids is 4. The van der Waals surface area contributed by atoms with E-state index in [1.165, 1.54) is 0 Å². The lowest BCUT2D eigenvalue weighted by Crippen LogP contribution is -2.52. The molecule has 0 rings (SSSR count). The van der Waals surface area contributed by atoms with Crippen LogP contribution in [0.25, 0.3) is 0 Å². The Morgan fingerprint density at radius 2 is 0.797 bits per heavy atom. The molecule has 11 N–H and O–H groups in total. The van der Waals surface area contributed by atoms with Crippen LogP contribution in [0, 0.1) is 0 Å². The van der Waals surface area contributed by atoms with Gasteiger partial charge in [0.15, 0.2) is 0 Å². The fourth-order valence-corrected chi connectivity index (χ4v) is 5.76. The minimum absolute atomic E-state index is 0.000672. The van der Waals surface area contributed by atoms with Crippen LogP contribution in [0.5, 0.6) is 0 Å². The molecule has 7 amide bonds. The Kier molecular flexibility index (Phi) is 33.7. The van der Waals surface area contributed by atoms with Crippen molar-refractivity contribution in [3.63, 3.8) is 0 Å². The molecule has 4 atom stereocenters. The quantitative estimate of drug-likeness (QED) is 0.0241. The molecule has 0 aromatic carbocycles. The summed E-state index contributed by atoms with van der Waals surface area (Å²) in [5.74, 6) is -11.1. The number of ether oxygens (including phenoxy) is 6. The van der Waals surface area contributed by atoms with Crippen LogP contribution in [0.1, 0.15) is 106 Å². The Bertz CT molecular complexity index is 1850. The SMILES string of the molecule is CC(C)(C)OC(=O)CCC(=O)NC(CCC(=O)NCCOCCOCC(=O)NC(CCC(=O)NC(CCC(=O)O)C(=O)O)C(=O)NC(CCC(=O)O)C(=O)O)C(=O)NCCOCCOCCNC(=O)OC(C)(C)C. The number of nitrogens with one attached hydrogen (secondary N) is 7. The maximum absolute atomic E-state index is 13.1. The summed E-state index contributed by atoms with van der Waals surface area (Å²) < 4.78 is 31.9. The van der Waals surface area contributed by atoms with Gasteiger partial charge in [-0.05, 0) is 67.2 Å². The third-order valence-electron chi connectivity index (χ3n) is 9.15. The summed E-state index contributed by atoms with van der Waals surface area (Å²) in [6.45, 7) is 10.2. The van der Waals surface area contributed by atoms with E-state index in [1.54, 1.807) is 41.5 Å². The Morgan fingerprint density at radius 3 is 1.30 bits per heavy atom. The second-order valence-electron chi connectivity index (χ2n) is 18.1. The van der Waals surface area contributed by atoms with E-state index in [9.17, 15) is 67.7 Å². The van der Waals surface area contributed by atoms with Crippen LogP contribution in [0.3, 0.4) is 0 Å². The van der Waals surface area contributed by atoms with Gasteiger partial charge >= 0.3 is 35.9 Å². The van der Waals surface area contributed by atoms with Gasteiger partial charge in [-0.3, -0.25) is 43.2 Å². The number of carbonyl (C=O) groups is 12. The van der Waals surface area contributed by atoms with Crippen LogP contribution < -0.4 is 37.2 Å². The highest BCUT2D eigenvalue weighted by Gasteiger charge is 2.29. The van der Waals surface area contributed by atoms with Gasteiger partial charge in [0.25, 0.3) is 0 Å². The van der Waals surface area contributed by atoms with Crippen molar-refractivity contribution in [1.29, 1.82) is 0 Å². The van der Waals surface area contributed by atoms with E-state index in [4.69, 9.17) is 38.6 Å². The molecule has 29 nitrogen and oxygen atoms in total. The summed E-state index contributed by atoms with van der Waals surface area (Å²) in [6, 6.07) is -6.04. The van der Waals surface area contributed by atoms with Crippen LogP contribution in [-0.2, 0) is 81.2 Å². The number of alkyl carbamates (subject to hydrolysis) is 1. The third-order valence-corrected chi connectivity index (χ3v) is 9.15. The Balaban J connectivity index is 5.08. The fourth-order valence-electron chi connectivity index (χ4n) is 5.76. The number of hydrogen-bond acceptors (Lipinski definition) is 18. The van der Waals surface area contributed by atoms with Crippen LogP contribution in [0.4, 0.5) is 4.79 Å². The molecule has 0 fully saturated rings. The van der Waals surface area contributed by atoms with E-state index in [1.807, 2.05) is 0 Å². The second-order valence-corrected chi connectivity index (χ2v) is 18.1. The van der Waals surface area contributed by atoms with Gasteiger partial charge in [0.1, 0.15) is 42.0 Å². The monoisotopic (exact) mass is 1070 g/mol. The smallest absolute Gasteiger partial charge is 0.407 e. The number of amides is 7. The van der Waals surface area contributed by atoms with Crippen molar-refractivity contribution in [2.24, 2.45) is 0 Å². The molecule has 0 heterocycles. The lowest BCUT2D eigenvalue weighted by Gasteiger charge is -2.21. The molecule has 0 aliphatic heterocycles. The molecule has 422 valence electrons. The number of carboxylic acid groups (broad SMARTS) is 4. The van der Waals surface area contributed by atoms with Crippen molar-refractivity contribution in [3.8, 4) is 0 Å². The summed E-state index contributed by atoms with van der Waals surface area (Å²) >= 11 is 0. The first kappa shape index (κ1) is 67.3. The summed E-state index contributed by atoms with van der Waals surface area (Å²) in [5, 5.41) is 53.4. The lowest BCUT2D eigenvalue weighted by atomic mass is 10.1. The van der Waals surface area contributed by atoms with Crippen molar-refractivity contribution in [1.82, 2.24) is 37.2 Å². The van der Waals surface area contributed by atoms with Gasteiger partial charge in [-0.25, -0.2) is 14.4 Å². The maximum Gasteiger partial charge on any atom is 0.407 e. The zero-order valence-electron chi connectivity index (χ0n) is 42.8. The van der Waals surface area contributed by atoms with Crippen molar-refractivity contribution in [2.45, 2.75) is 141 Å². The summed E-state index contributed by atoms with van der Waals surface area (Å²) in [7, 11) is 0. The second kappa shape index (κ2) is 37.1. The minimum atomic E-state index is -1.69. The van der Waals surface area contributed by atoms with Gasteiger partial charge in [-0.1, -0.05) is 0 Å². The van der Waals surface area contributed by atoms with E-state index < -0.39 is 152 Å². The van der Waals surface area contributed by atoms with Crippen molar-refractivity contribution in [3.05, 3.63) is 0 Å². The standard InChI is InChI=1S/C45H75N7O22/c1-44(2,3)73-38(61)16-13-34(55)49-28(39(62)47-18-21-70-23-24-71-22-19-48-43(68)74-45(4,5)6)7-11-32(53)46-17-20-69-25-26-72-27-35(56)50-29(40(63)52-31(42(66)67)10-15-37(59)60)8-12-33(54)51-30(41(64)65)9-14-36(57)58/h28-31H,7-27H2,1-6H3,(H,46,53)(H,47,62)(H,48,68)(H,49,55)(H,50,56)(H,51,54)(H,52,63)(H,57,58)(H,59,60)(H,64,65)(H,66,67). The van der Waals surface area contributed by atoms with Gasteiger partial charge < -0.3 is 86.1 Å². The van der Waals surface area contributed by atoms with Gasteiger partial charge in [0.05, 0.1) is 52.7 Å². The predicted molar refractivity (Wildman–Crippen MR) is 254 cm³/mol. The molecule has 0 aromatic heterocycles. The van der Waals surface area contributed by atoms with E-state index in [-0.39, 0.29) is 91.6 Å². The lowest BCUT2D eigenvalue weighted by molar-refractivity contribution is -0.156. The zero-order chi connectivity index (χ0) is 56.3. The van der Waals surface area contributed by atoms with Crippen molar-refractivity contribution < 1.29 is 106 Å². The van der Waals surface area contributed by atoms with E-state index >= 15 is 0 Å². The largest absolute Gasteiger partial charge is 0.481 e. The van der Waals surface area contributed by atoms with Crippen LogP contribution >= 0.6 is 0 Å². The van der Waals surface area contributed by atoms with Crippen LogP contribution in [0.15, 0.2) is 0 Å². The number of esters is 1. The molecule has 0 aliphatic carbocycles. The zero-order valence-corrected chi connectivity index (χ0v) is 42.8. The van der Waals surface area contributed by atoms with Gasteiger partial charge in [-0.2, -0.15) is 0 Å².